The van der Waals surface area contributed by atoms with Crippen LogP contribution in [0.25, 0.3) is 0 Å². The van der Waals surface area contributed by atoms with Crippen LogP contribution in [-0.4, -0.2) is 24.7 Å². The van der Waals surface area contributed by atoms with E-state index in [2.05, 4.69) is 33.2 Å². The molecule has 1 aromatic heterocycles. The molecule has 0 aliphatic rings. The van der Waals surface area contributed by atoms with Crippen molar-refractivity contribution in [3.05, 3.63) is 21.8 Å². The van der Waals surface area contributed by atoms with Gasteiger partial charge in [0.25, 0.3) is 0 Å². The first kappa shape index (κ1) is 12.7. The molecular formula is C10H14BrClN2O. The van der Waals surface area contributed by atoms with Gasteiger partial charge in [-0.3, -0.25) is 0 Å². The molecule has 0 radical (unpaired) electrons. The maximum Gasteiger partial charge on any atom is 0.140 e. The third-order valence-electron chi connectivity index (χ3n) is 2.01. The third kappa shape index (κ3) is 3.97. The van der Waals surface area contributed by atoms with Crippen LogP contribution >= 0.6 is 27.5 Å². The third-order valence-corrected chi connectivity index (χ3v) is 2.82. The standard InChI is InChI=1S/C10H14BrClN2O/c1-3-8(6-15-2)14-10-9(11)4-7(12)5-13-10/h4-5,8H,3,6H2,1-2H3,(H,13,14). The second-order valence-electron chi connectivity index (χ2n) is 3.19. The lowest BCUT2D eigenvalue weighted by atomic mass is 10.2. The van der Waals surface area contributed by atoms with Crippen LogP contribution in [0, 0.1) is 0 Å². The number of hydrogen-bond acceptors (Lipinski definition) is 3. The van der Waals surface area contributed by atoms with Crippen molar-refractivity contribution in [2.45, 2.75) is 19.4 Å². The number of rotatable bonds is 5. The van der Waals surface area contributed by atoms with Gasteiger partial charge >= 0.3 is 0 Å². The summed E-state index contributed by atoms with van der Waals surface area (Å²) in [5, 5.41) is 3.90. The molecule has 0 saturated heterocycles. The van der Waals surface area contributed by atoms with E-state index in [0.29, 0.717) is 11.6 Å². The van der Waals surface area contributed by atoms with Crippen LogP contribution in [-0.2, 0) is 4.74 Å². The van der Waals surface area contributed by atoms with Crippen LogP contribution in [0.3, 0.4) is 0 Å². The fraction of sp³-hybridized carbons (Fsp3) is 0.500. The summed E-state index contributed by atoms with van der Waals surface area (Å²) in [6.45, 7) is 2.76. The second-order valence-corrected chi connectivity index (χ2v) is 4.48. The minimum atomic E-state index is 0.264. The fourth-order valence-corrected chi connectivity index (χ4v) is 1.93. The molecule has 5 heteroatoms. The molecule has 1 N–H and O–H groups in total. The molecule has 0 bridgehead atoms. The topological polar surface area (TPSA) is 34.1 Å². The Morgan fingerprint density at radius 2 is 2.40 bits per heavy atom. The molecule has 0 saturated carbocycles. The van der Waals surface area contributed by atoms with E-state index in [1.165, 1.54) is 0 Å². The molecule has 1 unspecified atom stereocenters. The van der Waals surface area contributed by atoms with Gasteiger partial charge in [0.1, 0.15) is 5.82 Å². The molecule has 1 heterocycles. The van der Waals surface area contributed by atoms with Crippen LogP contribution < -0.4 is 5.32 Å². The summed E-state index contributed by atoms with van der Waals surface area (Å²) in [6.07, 6.45) is 2.60. The Bertz CT molecular complexity index is 322. The number of aromatic nitrogens is 1. The van der Waals surface area contributed by atoms with Crippen LogP contribution in [0.4, 0.5) is 5.82 Å². The number of nitrogens with one attached hydrogen (secondary N) is 1. The van der Waals surface area contributed by atoms with Crippen LogP contribution in [0.5, 0.6) is 0 Å². The largest absolute Gasteiger partial charge is 0.383 e. The molecule has 0 aliphatic heterocycles. The highest BCUT2D eigenvalue weighted by Gasteiger charge is 2.09. The van der Waals surface area contributed by atoms with Crippen molar-refractivity contribution in [2.75, 3.05) is 19.0 Å². The Balaban J connectivity index is 2.70. The molecule has 1 atom stereocenters. The van der Waals surface area contributed by atoms with E-state index in [1.807, 2.05) is 6.07 Å². The summed E-state index contributed by atoms with van der Waals surface area (Å²) in [5.41, 5.74) is 0. The summed E-state index contributed by atoms with van der Waals surface area (Å²) >= 11 is 9.21. The summed E-state index contributed by atoms with van der Waals surface area (Å²) < 4.78 is 5.96. The molecular weight excluding hydrogens is 279 g/mol. The summed E-state index contributed by atoms with van der Waals surface area (Å²) in [5.74, 6) is 0.795. The molecule has 0 spiro atoms. The number of halogens is 2. The highest BCUT2D eigenvalue weighted by atomic mass is 79.9. The van der Waals surface area contributed by atoms with Gasteiger partial charge in [0.2, 0.25) is 0 Å². The Morgan fingerprint density at radius 1 is 1.67 bits per heavy atom. The first-order valence-corrected chi connectivity index (χ1v) is 5.91. The molecule has 1 rings (SSSR count). The fourth-order valence-electron chi connectivity index (χ4n) is 1.18. The van der Waals surface area contributed by atoms with Crippen molar-refractivity contribution in [3.63, 3.8) is 0 Å². The van der Waals surface area contributed by atoms with E-state index < -0.39 is 0 Å². The van der Waals surface area contributed by atoms with Gasteiger partial charge in [-0.2, -0.15) is 0 Å². The van der Waals surface area contributed by atoms with Gasteiger partial charge in [-0.25, -0.2) is 4.98 Å². The Labute approximate surface area is 103 Å². The van der Waals surface area contributed by atoms with E-state index >= 15 is 0 Å². The van der Waals surface area contributed by atoms with E-state index in [0.717, 1.165) is 16.7 Å². The Morgan fingerprint density at radius 3 is 2.93 bits per heavy atom. The van der Waals surface area contributed by atoms with Crippen LogP contribution in [0.1, 0.15) is 13.3 Å². The van der Waals surface area contributed by atoms with Crippen molar-refractivity contribution in [1.29, 1.82) is 0 Å². The number of nitrogens with zero attached hydrogens (tertiary/aromatic N) is 1. The summed E-state index contributed by atoms with van der Waals surface area (Å²) in [7, 11) is 1.69. The number of hydrogen-bond donors (Lipinski definition) is 1. The average molecular weight is 294 g/mol. The van der Waals surface area contributed by atoms with Gasteiger partial charge < -0.3 is 10.1 Å². The van der Waals surface area contributed by atoms with Crippen molar-refractivity contribution < 1.29 is 4.74 Å². The first-order valence-electron chi connectivity index (χ1n) is 4.73. The van der Waals surface area contributed by atoms with Gasteiger partial charge in [-0.05, 0) is 28.4 Å². The lowest BCUT2D eigenvalue weighted by Gasteiger charge is -2.17. The lowest BCUT2D eigenvalue weighted by molar-refractivity contribution is 0.184. The van der Waals surface area contributed by atoms with Gasteiger partial charge in [0.15, 0.2) is 0 Å². The molecule has 0 aliphatic carbocycles. The zero-order valence-corrected chi connectivity index (χ0v) is 11.1. The SMILES string of the molecule is CCC(COC)Nc1ncc(Cl)cc1Br. The zero-order valence-electron chi connectivity index (χ0n) is 8.76. The molecule has 1 aromatic rings. The van der Waals surface area contributed by atoms with Crippen molar-refractivity contribution in [1.82, 2.24) is 4.98 Å². The van der Waals surface area contributed by atoms with Crippen molar-refractivity contribution in [3.8, 4) is 0 Å². The number of methoxy groups -OCH3 is 1. The zero-order chi connectivity index (χ0) is 11.3. The molecule has 0 amide bonds. The quantitative estimate of drug-likeness (QED) is 0.904. The minimum Gasteiger partial charge on any atom is -0.383 e. The highest BCUT2D eigenvalue weighted by Crippen LogP contribution is 2.23. The smallest absolute Gasteiger partial charge is 0.140 e. The van der Waals surface area contributed by atoms with Gasteiger partial charge in [-0.1, -0.05) is 18.5 Å². The van der Waals surface area contributed by atoms with Crippen LogP contribution in [0.15, 0.2) is 16.7 Å². The molecule has 84 valence electrons. The summed E-state index contributed by atoms with van der Waals surface area (Å²) in [6, 6.07) is 2.08. The minimum absolute atomic E-state index is 0.264. The first-order chi connectivity index (χ1) is 7.17. The van der Waals surface area contributed by atoms with E-state index in [1.54, 1.807) is 13.3 Å². The van der Waals surface area contributed by atoms with Crippen LogP contribution in [0.2, 0.25) is 5.02 Å². The van der Waals surface area contributed by atoms with E-state index in [9.17, 15) is 0 Å². The highest BCUT2D eigenvalue weighted by molar-refractivity contribution is 9.10. The van der Waals surface area contributed by atoms with Gasteiger partial charge in [0, 0.05) is 13.3 Å². The molecule has 0 fully saturated rings. The summed E-state index contributed by atoms with van der Waals surface area (Å²) in [4.78, 5) is 4.20. The molecule has 0 aromatic carbocycles. The number of anilines is 1. The maximum atomic E-state index is 5.80. The second kappa shape index (κ2) is 6.30. The predicted octanol–water partition coefficient (Wildman–Crippen LogP) is 3.33. The number of ether oxygens (including phenoxy) is 1. The van der Waals surface area contributed by atoms with Crippen molar-refractivity contribution >= 4 is 33.3 Å². The normalized spacial score (nSPS) is 12.5. The Hall–Kier alpha value is -0.320. The predicted molar refractivity (Wildman–Crippen MR) is 66.5 cm³/mol. The van der Waals surface area contributed by atoms with Crippen molar-refractivity contribution in [2.24, 2.45) is 0 Å². The molecule has 3 nitrogen and oxygen atoms in total. The lowest BCUT2D eigenvalue weighted by Crippen LogP contribution is -2.24. The van der Waals surface area contributed by atoms with E-state index in [-0.39, 0.29) is 6.04 Å². The Kier molecular flexibility index (Phi) is 5.36. The molecule has 15 heavy (non-hydrogen) atoms. The van der Waals surface area contributed by atoms with Gasteiger partial charge in [-0.15, -0.1) is 0 Å². The number of pyridine rings is 1. The van der Waals surface area contributed by atoms with Gasteiger partial charge in [0.05, 0.1) is 22.1 Å². The van der Waals surface area contributed by atoms with E-state index in [4.69, 9.17) is 16.3 Å². The average Bonchev–Trinajstić information content (AvgIpc) is 2.21. The maximum absolute atomic E-state index is 5.80. The monoisotopic (exact) mass is 292 g/mol.